The normalized spacial score (nSPS) is 20.8. The molecule has 1 aromatic carbocycles. The van der Waals surface area contributed by atoms with Gasteiger partial charge in [0.05, 0.1) is 0 Å². The molecule has 1 nitrogen and oxygen atoms in total. The summed E-state index contributed by atoms with van der Waals surface area (Å²) in [7, 11) is 0. The van der Waals surface area contributed by atoms with E-state index in [1.165, 1.54) is 16.7 Å². The summed E-state index contributed by atoms with van der Waals surface area (Å²) < 4.78 is 0. The smallest absolute Gasteiger partial charge is 0.0120 e. The van der Waals surface area contributed by atoms with Gasteiger partial charge in [-0.2, -0.15) is 0 Å². The monoisotopic (exact) mass is 175 g/mol. The molecule has 1 aromatic rings. The Morgan fingerprint density at radius 3 is 2.62 bits per heavy atom. The molecule has 0 spiro atoms. The van der Waals surface area contributed by atoms with Gasteiger partial charge in [-0.1, -0.05) is 32.0 Å². The Morgan fingerprint density at radius 2 is 1.92 bits per heavy atom. The van der Waals surface area contributed by atoms with Gasteiger partial charge in [-0.15, -0.1) is 0 Å². The standard InChI is InChI=1S/C12H17N/c1-8(2)9-3-4-10-6-12(13)7-11(10)5-9/h3-5,8,12H,6-7,13H2,1-2H3/t12-/m1/s1. The van der Waals surface area contributed by atoms with Crippen molar-refractivity contribution in [3.8, 4) is 0 Å². The van der Waals surface area contributed by atoms with Crippen molar-refractivity contribution in [2.45, 2.75) is 38.6 Å². The molecule has 0 heterocycles. The van der Waals surface area contributed by atoms with Gasteiger partial charge in [0.15, 0.2) is 0 Å². The first kappa shape index (κ1) is 8.76. The van der Waals surface area contributed by atoms with Gasteiger partial charge in [0.1, 0.15) is 0 Å². The minimum atomic E-state index is 0.359. The average Bonchev–Trinajstić information content (AvgIpc) is 2.42. The van der Waals surface area contributed by atoms with E-state index in [-0.39, 0.29) is 0 Å². The molecule has 0 saturated carbocycles. The van der Waals surface area contributed by atoms with Crippen molar-refractivity contribution in [2.75, 3.05) is 0 Å². The Hall–Kier alpha value is -0.820. The van der Waals surface area contributed by atoms with Crippen LogP contribution < -0.4 is 5.73 Å². The van der Waals surface area contributed by atoms with Gasteiger partial charge in [-0.05, 0) is 35.4 Å². The third-order valence-electron chi connectivity index (χ3n) is 2.86. The molecule has 0 amide bonds. The number of hydrogen-bond donors (Lipinski definition) is 1. The third kappa shape index (κ3) is 1.61. The largest absolute Gasteiger partial charge is 0.327 e. The fourth-order valence-corrected chi connectivity index (χ4v) is 2.03. The molecule has 2 N–H and O–H groups in total. The molecule has 2 rings (SSSR count). The van der Waals surface area contributed by atoms with Crippen molar-refractivity contribution in [1.82, 2.24) is 0 Å². The van der Waals surface area contributed by atoms with Crippen LogP contribution in [0.2, 0.25) is 0 Å². The summed E-state index contributed by atoms with van der Waals surface area (Å²) in [4.78, 5) is 0. The highest BCUT2D eigenvalue weighted by Crippen LogP contribution is 2.25. The van der Waals surface area contributed by atoms with Crippen molar-refractivity contribution in [3.05, 3.63) is 34.9 Å². The van der Waals surface area contributed by atoms with E-state index < -0.39 is 0 Å². The molecule has 0 aliphatic heterocycles. The van der Waals surface area contributed by atoms with Crippen LogP contribution in [0.1, 0.15) is 36.5 Å². The second kappa shape index (κ2) is 3.15. The topological polar surface area (TPSA) is 26.0 Å². The Bertz CT molecular complexity index is 315. The molecule has 0 radical (unpaired) electrons. The van der Waals surface area contributed by atoms with Crippen molar-refractivity contribution in [1.29, 1.82) is 0 Å². The first-order valence-corrected chi connectivity index (χ1v) is 5.04. The fraction of sp³-hybridized carbons (Fsp3) is 0.500. The van der Waals surface area contributed by atoms with E-state index in [4.69, 9.17) is 5.73 Å². The molecular formula is C12H17N. The summed E-state index contributed by atoms with van der Waals surface area (Å²) in [5.41, 5.74) is 10.3. The van der Waals surface area contributed by atoms with E-state index in [0.29, 0.717) is 12.0 Å². The van der Waals surface area contributed by atoms with E-state index in [2.05, 4.69) is 32.0 Å². The van der Waals surface area contributed by atoms with Gasteiger partial charge >= 0.3 is 0 Å². The lowest BCUT2D eigenvalue weighted by Crippen LogP contribution is -2.18. The molecule has 13 heavy (non-hydrogen) atoms. The number of rotatable bonds is 1. The summed E-state index contributed by atoms with van der Waals surface area (Å²) in [5, 5.41) is 0. The maximum atomic E-state index is 5.91. The van der Waals surface area contributed by atoms with Gasteiger partial charge in [-0.25, -0.2) is 0 Å². The zero-order chi connectivity index (χ0) is 9.42. The quantitative estimate of drug-likeness (QED) is 0.696. The predicted molar refractivity (Wildman–Crippen MR) is 55.9 cm³/mol. The number of hydrogen-bond acceptors (Lipinski definition) is 1. The summed E-state index contributed by atoms with van der Waals surface area (Å²) in [6.07, 6.45) is 2.13. The molecule has 0 bridgehead atoms. The van der Waals surface area contributed by atoms with Crippen LogP contribution in [-0.4, -0.2) is 6.04 Å². The number of fused-ring (bicyclic) bond motifs is 1. The molecule has 0 fully saturated rings. The lowest BCUT2D eigenvalue weighted by molar-refractivity contribution is 0.721. The highest BCUT2D eigenvalue weighted by molar-refractivity contribution is 5.37. The van der Waals surface area contributed by atoms with Crippen LogP contribution in [0.15, 0.2) is 18.2 Å². The van der Waals surface area contributed by atoms with Crippen molar-refractivity contribution in [3.63, 3.8) is 0 Å². The summed E-state index contributed by atoms with van der Waals surface area (Å²) >= 11 is 0. The molecule has 0 saturated heterocycles. The average molecular weight is 175 g/mol. The Balaban J connectivity index is 2.35. The first-order valence-electron chi connectivity index (χ1n) is 5.04. The highest BCUT2D eigenvalue weighted by atomic mass is 14.6. The van der Waals surface area contributed by atoms with E-state index in [9.17, 15) is 0 Å². The van der Waals surface area contributed by atoms with E-state index >= 15 is 0 Å². The molecule has 70 valence electrons. The van der Waals surface area contributed by atoms with Gasteiger partial charge in [0, 0.05) is 6.04 Å². The van der Waals surface area contributed by atoms with Crippen molar-refractivity contribution >= 4 is 0 Å². The van der Waals surface area contributed by atoms with Crippen LogP contribution in [0.5, 0.6) is 0 Å². The Kier molecular flexibility index (Phi) is 2.12. The molecule has 1 aliphatic rings. The highest BCUT2D eigenvalue weighted by Gasteiger charge is 2.18. The number of benzene rings is 1. The number of nitrogens with two attached hydrogens (primary N) is 1. The molecule has 0 unspecified atom stereocenters. The van der Waals surface area contributed by atoms with Gasteiger partial charge in [-0.3, -0.25) is 0 Å². The van der Waals surface area contributed by atoms with Crippen molar-refractivity contribution in [2.24, 2.45) is 5.73 Å². The van der Waals surface area contributed by atoms with Crippen LogP contribution in [0.4, 0.5) is 0 Å². The molecule has 1 heteroatoms. The van der Waals surface area contributed by atoms with E-state index in [1.807, 2.05) is 0 Å². The second-order valence-corrected chi connectivity index (χ2v) is 4.35. The second-order valence-electron chi connectivity index (χ2n) is 4.35. The lowest BCUT2D eigenvalue weighted by atomic mass is 9.99. The molecule has 1 atom stereocenters. The molecule has 0 aromatic heterocycles. The molecule has 1 aliphatic carbocycles. The summed E-state index contributed by atoms with van der Waals surface area (Å²) in [6.45, 7) is 4.47. The van der Waals surface area contributed by atoms with Gasteiger partial charge in [0.25, 0.3) is 0 Å². The minimum Gasteiger partial charge on any atom is -0.327 e. The predicted octanol–water partition coefficient (Wildman–Crippen LogP) is 2.24. The third-order valence-corrected chi connectivity index (χ3v) is 2.86. The van der Waals surface area contributed by atoms with Gasteiger partial charge < -0.3 is 5.73 Å². The molecular weight excluding hydrogens is 158 g/mol. The van der Waals surface area contributed by atoms with E-state index in [0.717, 1.165) is 12.8 Å². The van der Waals surface area contributed by atoms with Crippen LogP contribution >= 0.6 is 0 Å². The zero-order valence-electron chi connectivity index (χ0n) is 8.38. The fourth-order valence-electron chi connectivity index (χ4n) is 2.03. The first-order chi connectivity index (χ1) is 6.16. The SMILES string of the molecule is CC(C)c1ccc2c(c1)C[C@H](N)C2. The maximum Gasteiger partial charge on any atom is 0.0120 e. The Morgan fingerprint density at radius 1 is 1.23 bits per heavy atom. The zero-order valence-corrected chi connectivity index (χ0v) is 8.38. The van der Waals surface area contributed by atoms with Crippen LogP contribution in [0.3, 0.4) is 0 Å². The van der Waals surface area contributed by atoms with E-state index in [1.54, 1.807) is 0 Å². The van der Waals surface area contributed by atoms with Crippen LogP contribution in [0.25, 0.3) is 0 Å². The van der Waals surface area contributed by atoms with Crippen molar-refractivity contribution < 1.29 is 0 Å². The van der Waals surface area contributed by atoms with Crippen LogP contribution in [0, 0.1) is 0 Å². The summed E-state index contributed by atoms with van der Waals surface area (Å²) in [5.74, 6) is 0.627. The maximum absolute atomic E-state index is 5.91. The minimum absolute atomic E-state index is 0.359. The van der Waals surface area contributed by atoms with Gasteiger partial charge in [0.2, 0.25) is 0 Å². The Labute approximate surface area is 80.0 Å². The summed E-state index contributed by atoms with van der Waals surface area (Å²) in [6, 6.07) is 7.17. The van der Waals surface area contributed by atoms with Crippen LogP contribution in [-0.2, 0) is 12.8 Å². The lowest BCUT2D eigenvalue weighted by Gasteiger charge is -2.07.